The highest BCUT2D eigenvalue weighted by Crippen LogP contribution is 2.24. The maximum atomic E-state index is 12.6. The highest BCUT2D eigenvalue weighted by Gasteiger charge is 2.18. The van der Waals surface area contributed by atoms with Crippen LogP contribution in [0.4, 0.5) is 15.8 Å². The van der Waals surface area contributed by atoms with E-state index in [4.69, 9.17) is 5.73 Å². The number of anilines is 2. The molecule has 0 radical (unpaired) electrons. The van der Waals surface area contributed by atoms with Crippen molar-refractivity contribution in [2.75, 3.05) is 10.5 Å². The number of pyridine rings is 1. The summed E-state index contributed by atoms with van der Waals surface area (Å²) in [5, 5.41) is 0. The Bertz CT molecular complexity index is 704. The van der Waals surface area contributed by atoms with Gasteiger partial charge < -0.3 is 5.73 Å². The molecule has 5 nitrogen and oxygen atoms in total. The Balaban J connectivity index is 2.37. The van der Waals surface area contributed by atoms with Crippen LogP contribution in [0.15, 0.2) is 45.9 Å². The maximum Gasteiger partial charge on any atom is 0.264 e. The molecule has 0 unspecified atom stereocenters. The van der Waals surface area contributed by atoms with E-state index in [-0.39, 0.29) is 16.3 Å². The van der Waals surface area contributed by atoms with E-state index in [0.29, 0.717) is 4.47 Å². The second-order valence-electron chi connectivity index (χ2n) is 3.66. The Labute approximate surface area is 117 Å². The standard InChI is InChI=1S/C11H9BrFN3O2S/c12-7-1-3-9(14)10(5-7)19(17,18)16-8-2-4-11(13)15-6-8/h1-6,16H,14H2. The van der Waals surface area contributed by atoms with Crippen LogP contribution >= 0.6 is 15.9 Å². The quantitative estimate of drug-likeness (QED) is 0.660. The number of rotatable bonds is 3. The fourth-order valence-corrected chi connectivity index (χ4v) is 3.10. The summed E-state index contributed by atoms with van der Waals surface area (Å²) < 4.78 is 39.8. The van der Waals surface area contributed by atoms with Crippen LogP contribution in [0, 0.1) is 5.95 Å². The molecule has 0 amide bonds. The Morgan fingerprint density at radius 1 is 1.26 bits per heavy atom. The molecule has 3 N–H and O–H groups in total. The average Bonchev–Trinajstić information content (AvgIpc) is 2.35. The number of nitrogens with zero attached hydrogens (tertiary/aromatic N) is 1. The predicted molar refractivity (Wildman–Crippen MR) is 73.6 cm³/mol. The SMILES string of the molecule is Nc1ccc(Br)cc1S(=O)(=O)Nc1ccc(F)nc1. The highest BCUT2D eigenvalue weighted by atomic mass is 79.9. The number of sulfonamides is 1. The van der Waals surface area contributed by atoms with Crippen LogP contribution < -0.4 is 10.5 Å². The summed E-state index contributed by atoms with van der Waals surface area (Å²) in [4.78, 5) is 3.30. The number of nitrogens with two attached hydrogens (primary N) is 1. The molecule has 0 saturated heterocycles. The predicted octanol–water partition coefficient (Wildman–Crippen LogP) is 2.37. The van der Waals surface area contributed by atoms with Gasteiger partial charge in [0.05, 0.1) is 17.6 Å². The van der Waals surface area contributed by atoms with Gasteiger partial charge in [-0.15, -0.1) is 0 Å². The van der Waals surface area contributed by atoms with Crippen molar-refractivity contribution < 1.29 is 12.8 Å². The van der Waals surface area contributed by atoms with Gasteiger partial charge in [-0.2, -0.15) is 4.39 Å². The summed E-state index contributed by atoms with van der Waals surface area (Å²) in [6, 6.07) is 6.82. The third-order valence-corrected chi connectivity index (χ3v) is 4.17. The van der Waals surface area contributed by atoms with Gasteiger partial charge in [-0.3, -0.25) is 4.72 Å². The third kappa shape index (κ3) is 3.21. The van der Waals surface area contributed by atoms with Crippen LogP contribution in [-0.2, 0) is 10.0 Å². The van der Waals surface area contributed by atoms with Crippen LogP contribution in [0.1, 0.15) is 0 Å². The molecule has 2 rings (SSSR count). The Morgan fingerprint density at radius 3 is 2.63 bits per heavy atom. The second kappa shape index (κ2) is 5.14. The summed E-state index contributed by atoms with van der Waals surface area (Å²) in [7, 11) is -3.85. The van der Waals surface area contributed by atoms with Crippen LogP contribution in [0.5, 0.6) is 0 Å². The monoisotopic (exact) mass is 345 g/mol. The second-order valence-corrected chi connectivity index (χ2v) is 6.22. The van der Waals surface area contributed by atoms with E-state index in [2.05, 4.69) is 25.6 Å². The number of nitrogens with one attached hydrogen (secondary N) is 1. The van der Waals surface area contributed by atoms with Gasteiger partial charge in [-0.1, -0.05) is 15.9 Å². The summed E-state index contributed by atoms with van der Waals surface area (Å²) in [6.07, 6.45) is 1.08. The number of hydrogen-bond donors (Lipinski definition) is 2. The first-order chi connectivity index (χ1) is 8.88. The molecule has 1 aromatic heterocycles. The van der Waals surface area contributed by atoms with Crippen LogP contribution in [0.3, 0.4) is 0 Å². The van der Waals surface area contributed by atoms with E-state index in [1.54, 1.807) is 6.07 Å². The smallest absolute Gasteiger partial charge is 0.264 e. The molecule has 1 aromatic carbocycles. The Morgan fingerprint density at radius 2 is 2.00 bits per heavy atom. The number of aromatic nitrogens is 1. The highest BCUT2D eigenvalue weighted by molar-refractivity contribution is 9.10. The summed E-state index contributed by atoms with van der Waals surface area (Å²) in [5.74, 6) is -0.690. The third-order valence-electron chi connectivity index (χ3n) is 2.24. The minimum Gasteiger partial charge on any atom is -0.398 e. The largest absolute Gasteiger partial charge is 0.398 e. The zero-order valence-electron chi connectivity index (χ0n) is 9.47. The first kappa shape index (κ1) is 13.8. The van der Waals surface area contributed by atoms with Gasteiger partial charge in [0.1, 0.15) is 4.90 Å². The molecular weight excluding hydrogens is 337 g/mol. The Hall–Kier alpha value is -1.67. The van der Waals surface area contributed by atoms with E-state index < -0.39 is 16.0 Å². The molecule has 19 heavy (non-hydrogen) atoms. The lowest BCUT2D eigenvalue weighted by molar-refractivity contribution is 0.583. The first-order valence-corrected chi connectivity index (χ1v) is 7.35. The number of halogens is 2. The van der Waals surface area contributed by atoms with Gasteiger partial charge in [-0.25, -0.2) is 13.4 Å². The number of benzene rings is 1. The molecule has 0 bridgehead atoms. The lowest BCUT2D eigenvalue weighted by Crippen LogP contribution is -2.15. The van der Waals surface area contributed by atoms with Crippen LogP contribution in [-0.4, -0.2) is 13.4 Å². The van der Waals surface area contributed by atoms with E-state index in [1.807, 2.05) is 0 Å². The van der Waals surface area contributed by atoms with Crippen molar-refractivity contribution in [2.45, 2.75) is 4.90 Å². The average molecular weight is 346 g/mol. The van der Waals surface area contributed by atoms with Crippen LogP contribution in [0.25, 0.3) is 0 Å². The molecule has 0 spiro atoms. The van der Waals surface area contributed by atoms with Gasteiger partial charge in [0.25, 0.3) is 10.0 Å². The molecule has 0 atom stereocenters. The molecule has 2 aromatic rings. The molecule has 8 heteroatoms. The fraction of sp³-hybridized carbons (Fsp3) is 0. The molecule has 0 fully saturated rings. The lowest BCUT2D eigenvalue weighted by atomic mass is 10.3. The molecule has 0 aliphatic rings. The zero-order valence-corrected chi connectivity index (χ0v) is 11.9. The lowest BCUT2D eigenvalue weighted by Gasteiger charge is -2.10. The number of nitrogen functional groups attached to an aromatic ring is 1. The van der Waals surface area contributed by atoms with Crippen molar-refractivity contribution in [3.63, 3.8) is 0 Å². The normalized spacial score (nSPS) is 11.3. The van der Waals surface area contributed by atoms with E-state index in [9.17, 15) is 12.8 Å². The van der Waals surface area contributed by atoms with E-state index in [1.165, 1.54) is 18.2 Å². The van der Waals surface area contributed by atoms with Gasteiger partial charge in [0.2, 0.25) is 5.95 Å². The van der Waals surface area contributed by atoms with Gasteiger partial charge in [0.15, 0.2) is 0 Å². The molecule has 0 saturated carbocycles. The van der Waals surface area contributed by atoms with E-state index >= 15 is 0 Å². The summed E-state index contributed by atoms with van der Waals surface area (Å²) >= 11 is 3.17. The molecule has 1 heterocycles. The Kier molecular flexibility index (Phi) is 3.72. The van der Waals surface area contributed by atoms with Gasteiger partial charge >= 0.3 is 0 Å². The summed E-state index contributed by atoms with van der Waals surface area (Å²) in [6.45, 7) is 0. The van der Waals surface area contributed by atoms with Crippen molar-refractivity contribution in [3.05, 3.63) is 46.9 Å². The van der Waals surface area contributed by atoms with Crippen molar-refractivity contribution in [1.29, 1.82) is 0 Å². The molecular formula is C11H9BrFN3O2S. The van der Waals surface area contributed by atoms with Gasteiger partial charge in [-0.05, 0) is 30.3 Å². The minimum atomic E-state index is -3.85. The van der Waals surface area contributed by atoms with Crippen molar-refractivity contribution in [2.24, 2.45) is 0 Å². The van der Waals surface area contributed by atoms with E-state index in [0.717, 1.165) is 12.3 Å². The topological polar surface area (TPSA) is 85.1 Å². The maximum absolute atomic E-state index is 12.6. The van der Waals surface area contributed by atoms with Crippen molar-refractivity contribution >= 4 is 37.3 Å². The fourth-order valence-electron chi connectivity index (χ4n) is 1.39. The summed E-state index contributed by atoms with van der Waals surface area (Å²) in [5.41, 5.74) is 5.91. The molecule has 100 valence electrons. The first-order valence-electron chi connectivity index (χ1n) is 5.08. The molecule has 0 aliphatic heterocycles. The zero-order chi connectivity index (χ0) is 14.0. The van der Waals surface area contributed by atoms with Crippen molar-refractivity contribution in [3.8, 4) is 0 Å². The number of hydrogen-bond acceptors (Lipinski definition) is 4. The van der Waals surface area contributed by atoms with Crippen LogP contribution in [0.2, 0.25) is 0 Å². The van der Waals surface area contributed by atoms with Gasteiger partial charge in [0, 0.05) is 4.47 Å². The molecule has 0 aliphatic carbocycles. The minimum absolute atomic E-state index is 0.0637. The van der Waals surface area contributed by atoms with Crippen molar-refractivity contribution in [1.82, 2.24) is 4.98 Å².